The van der Waals surface area contributed by atoms with E-state index in [0.29, 0.717) is 14.5 Å². The molecular weight excluding hydrogens is 283 g/mol. The highest BCUT2D eigenvalue weighted by Gasteiger charge is 2.08. The first-order valence-electron chi connectivity index (χ1n) is 4.03. The molecule has 0 aliphatic rings. The second-order valence-corrected chi connectivity index (χ2v) is 4.96. The van der Waals surface area contributed by atoms with Crippen LogP contribution in [0.3, 0.4) is 0 Å². The average molecular weight is 289 g/mol. The van der Waals surface area contributed by atoms with Crippen LogP contribution in [-0.4, -0.2) is 17.3 Å². The number of ether oxygens (including phenoxy) is 1. The zero-order valence-electron chi connectivity index (χ0n) is 7.70. The molecule has 0 aliphatic carbocycles. The second kappa shape index (κ2) is 4.24. The van der Waals surface area contributed by atoms with Crippen molar-refractivity contribution in [2.75, 3.05) is 7.11 Å². The number of hydrogen-bond acceptors (Lipinski definition) is 4. The molecule has 2 aromatic rings. The molecule has 0 fully saturated rings. The van der Waals surface area contributed by atoms with Gasteiger partial charge in [0.15, 0.2) is 15.5 Å². The minimum atomic E-state index is -0.402. The normalized spacial score (nSPS) is 10.3. The molecule has 0 radical (unpaired) electrons. The van der Waals surface area contributed by atoms with E-state index in [0.717, 1.165) is 0 Å². The first-order valence-corrected chi connectivity index (χ1v) is 5.64. The molecule has 1 aromatic heterocycles. The molecule has 1 aromatic carbocycles. The number of halogens is 2. The van der Waals surface area contributed by atoms with Gasteiger partial charge in [-0.05, 0) is 34.1 Å². The van der Waals surface area contributed by atoms with E-state index in [9.17, 15) is 4.39 Å². The third kappa shape index (κ3) is 2.15. The van der Waals surface area contributed by atoms with Crippen LogP contribution in [0.2, 0.25) is 0 Å². The van der Waals surface area contributed by atoms with Gasteiger partial charge in [0.2, 0.25) is 0 Å². The Hall–Kier alpha value is -1.01. The Balaban J connectivity index is 2.42. The zero-order valence-corrected chi connectivity index (χ0v) is 10.1. The van der Waals surface area contributed by atoms with Crippen molar-refractivity contribution in [2.24, 2.45) is 0 Å². The molecule has 15 heavy (non-hydrogen) atoms. The van der Waals surface area contributed by atoms with Gasteiger partial charge in [-0.1, -0.05) is 11.3 Å². The lowest BCUT2D eigenvalue weighted by Crippen LogP contribution is -1.88. The van der Waals surface area contributed by atoms with Crippen LogP contribution in [0, 0.1) is 5.82 Å². The zero-order chi connectivity index (χ0) is 10.8. The Kier molecular flexibility index (Phi) is 2.97. The number of rotatable bonds is 2. The minimum Gasteiger partial charge on any atom is -0.494 e. The maximum absolute atomic E-state index is 13.4. The third-order valence-corrected chi connectivity index (χ3v) is 3.20. The lowest BCUT2D eigenvalue weighted by atomic mass is 10.2. The van der Waals surface area contributed by atoms with E-state index in [1.807, 2.05) is 0 Å². The van der Waals surface area contributed by atoms with Crippen molar-refractivity contribution in [1.29, 1.82) is 0 Å². The number of methoxy groups -OCH3 is 1. The van der Waals surface area contributed by atoms with Crippen LogP contribution in [0.5, 0.6) is 5.75 Å². The first-order chi connectivity index (χ1) is 7.20. The summed E-state index contributed by atoms with van der Waals surface area (Å²) in [6.45, 7) is 0. The van der Waals surface area contributed by atoms with E-state index in [4.69, 9.17) is 4.74 Å². The van der Waals surface area contributed by atoms with E-state index >= 15 is 0 Å². The molecule has 0 unspecified atom stereocenters. The molecular formula is C9H6BrFN2OS. The van der Waals surface area contributed by atoms with E-state index in [1.54, 1.807) is 12.1 Å². The largest absolute Gasteiger partial charge is 0.494 e. The second-order valence-electron chi connectivity index (χ2n) is 2.71. The van der Waals surface area contributed by atoms with Crippen LogP contribution in [0.4, 0.5) is 4.39 Å². The van der Waals surface area contributed by atoms with Gasteiger partial charge in [0, 0.05) is 5.56 Å². The van der Waals surface area contributed by atoms with Gasteiger partial charge < -0.3 is 4.74 Å². The molecule has 0 N–H and O–H groups in total. The maximum atomic E-state index is 13.4. The Morgan fingerprint density at radius 1 is 1.40 bits per heavy atom. The van der Waals surface area contributed by atoms with Crippen molar-refractivity contribution in [3.63, 3.8) is 0 Å². The smallest absolute Gasteiger partial charge is 0.183 e. The number of hydrogen-bond donors (Lipinski definition) is 0. The average Bonchev–Trinajstić information content (AvgIpc) is 2.65. The molecule has 6 heteroatoms. The summed E-state index contributed by atoms with van der Waals surface area (Å²) in [5, 5.41) is 8.36. The minimum absolute atomic E-state index is 0.224. The van der Waals surface area contributed by atoms with Crippen molar-refractivity contribution in [3.05, 3.63) is 27.9 Å². The summed E-state index contributed by atoms with van der Waals surface area (Å²) in [5.74, 6) is -0.177. The molecule has 0 saturated carbocycles. The Morgan fingerprint density at radius 3 is 2.73 bits per heavy atom. The van der Waals surface area contributed by atoms with Crippen LogP contribution >= 0.6 is 27.3 Å². The van der Waals surface area contributed by atoms with E-state index in [-0.39, 0.29) is 5.75 Å². The molecule has 0 atom stereocenters. The lowest BCUT2D eigenvalue weighted by molar-refractivity contribution is 0.386. The molecule has 2 rings (SSSR count). The molecule has 3 nitrogen and oxygen atoms in total. The predicted molar refractivity (Wildman–Crippen MR) is 59.6 cm³/mol. The topological polar surface area (TPSA) is 35.0 Å². The monoisotopic (exact) mass is 288 g/mol. The molecule has 0 amide bonds. The number of aromatic nitrogens is 2. The van der Waals surface area contributed by atoms with Gasteiger partial charge in [-0.2, -0.15) is 0 Å². The van der Waals surface area contributed by atoms with Gasteiger partial charge in [-0.3, -0.25) is 0 Å². The van der Waals surface area contributed by atoms with Gasteiger partial charge in [-0.15, -0.1) is 10.2 Å². The van der Waals surface area contributed by atoms with Gasteiger partial charge >= 0.3 is 0 Å². The van der Waals surface area contributed by atoms with Crippen molar-refractivity contribution in [1.82, 2.24) is 10.2 Å². The first kappa shape index (κ1) is 10.5. The quantitative estimate of drug-likeness (QED) is 0.852. The van der Waals surface area contributed by atoms with Crippen LogP contribution in [0.15, 0.2) is 22.1 Å². The summed E-state index contributed by atoms with van der Waals surface area (Å²) in [6.07, 6.45) is 0. The van der Waals surface area contributed by atoms with Crippen LogP contribution < -0.4 is 4.74 Å². The molecule has 1 heterocycles. The standard InChI is InChI=1S/C9H6BrFN2OS/c1-14-7-3-2-5(4-6(7)11)8-12-13-9(10)15-8/h2-4H,1H3. The third-order valence-electron chi connectivity index (χ3n) is 1.80. The SMILES string of the molecule is COc1ccc(-c2nnc(Br)s2)cc1F. The molecule has 78 valence electrons. The maximum Gasteiger partial charge on any atom is 0.183 e. The summed E-state index contributed by atoms with van der Waals surface area (Å²) in [6, 6.07) is 4.70. The van der Waals surface area contributed by atoms with Crippen LogP contribution in [0.25, 0.3) is 10.6 Å². The van der Waals surface area contributed by atoms with Crippen LogP contribution in [0.1, 0.15) is 0 Å². The summed E-state index contributed by atoms with van der Waals surface area (Å²) < 4.78 is 18.9. The molecule has 0 aliphatic heterocycles. The molecule has 0 bridgehead atoms. The van der Waals surface area contributed by atoms with Crippen molar-refractivity contribution in [3.8, 4) is 16.3 Å². The highest BCUT2D eigenvalue weighted by molar-refractivity contribution is 9.11. The fraction of sp³-hybridized carbons (Fsp3) is 0.111. The number of nitrogens with zero attached hydrogens (tertiary/aromatic N) is 2. The van der Waals surface area contributed by atoms with E-state index in [2.05, 4.69) is 26.1 Å². The summed E-state index contributed by atoms with van der Waals surface area (Å²) in [4.78, 5) is 0. The van der Waals surface area contributed by atoms with Gasteiger partial charge in [0.05, 0.1) is 7.11 Å². The highest BCUT2D eigenvalue weighted by Crippen LogP contribution is 2.29. The lowest BCUT2D eigenvalue weighted by Gasteiger charge is -2.02. The van der Waals surface area contributed by atoms with Crippen molar-refractivity contribution in [2.45, 2.75) is 0 Å². The Labute approximate surface area is 98.0 Å². The molecule has 0 spiro atoms. The Bertz CT molecular complexity index is 489. The summed E-state index contributed by atoms with van der Waals surface area (Å²) in [7, 11) is 1.43. The van der Waals surface area contributed by atoms with Gasteiger partial charge in [-0.25, -0.2) is 4.39 Å². The molecule has 0 saturated heterocycles. The van der Waals surface area contributed by atoms with Crippen molar-refractivity contribution >= 4 is 27.3 Å². The fourth-order valence-corrected chi connectivity index (χ4v) is 2.23. The van der Waals surface area contributed by atoms with Crippen molar-refractivity contribution < 1.29 is 9.13 Å². The van der Waals surface area contributed by atoms with E-state index < -0.39 is 5.82 Å². The highest BCUT2D eigenvalue weighted by atomic mass is 79.9. The van der Waals surface area contributed by atoms with Gasteiger partial charge in [0.1, 0.15) is 5.01 Å². The summed E-state index contributed by atoms with van der Waals surface area (Å²) >= 11 is 4.55. The van der Waals surface area contributed by atoms with Crippen LogP contribution in [-0.2, 0) is 0 Å². The van der Waals surface area contributed by atoms with Gasteiger partial charge in [0.25, 0.3) is 0 Å². The number of benzene rings is 1. The van der Waals surface area contributed by atoms with E-state index in [1.165, 1.54) is 24.5 Å². The summed E-state index contributed by atoms with van der Waals surface area (Å²) in [5.41, 5.74) is 0.691. The predicted octanol–water partition coefficient (Wildman–Crippen LogP) is 3.12. The Morgan fingerprint density at radius 2 is 2.20 bits per heavy atom. The fourth-order valence-electron chi connectivity index (χ4n) is 1.12.